The third-order valence-corrected chi connectivity index (χ3v) is 7.79. The van der Waals surface area contributed by atoms with Crippen LogP contribution in [-0.2, 0) is 11.8 Å². The van der Waals surface area contributed by atoms with E-state index in [-0.39, 0.29) is 12.1 Å². The van der Waals surface area contributed by atoms with Gasteiger partial charge in [-0.05, 0) is 67.1 Å². The zero-order valence-corrected chi connectivity index (χ0v) is 21.6. The van der Waals surface area contributed by atoms with Gasteiger partial charge in [0.2, 0.25) is 0 Å². The summed E-state index contributed by atoms with van der Waals surface area (Å²) in [7, 11) is 3.73. The van der Waals surface area contributed by atoms with Crippen molar-refractivity contribution in [3.05, 3.63) is 65.9 Å². The molecule has 190 valence electrons. The monoisotopic (exact) mass is 488 g/mol. The van der Waals surface area contributed by atoms with Gasteiger partial charge in [0.15, 0.2) is 0 Å². The van der Waals surface area contributed by atoms with Gasteiger partial charge in [0, 0.05) is 42.5 Å². The molecule has 0 aliphatic carbocycles. The quantitative estimate of drug-likeness (QED) is 0.466. The summed E-state index contributed by atoms with van der Waals surface area (Å²) >= 11 is 0. The van der Waals surface area contributed by atoms with Crippen LogP contribution < -0.4 is 10.1 Å². The lowest BCUT2D eigenvalue weighted by Crippen LogP contribution is -2.54. The fourth-order valence-corrected chi connectivity index (χ4v) is 5.74. The number of carbonyl (C=O) groups excluding carboxylic acids is 1. The fourth-order valence-electron chi connectivity index (χ4n) is 5.74. The van der Waals surface area contributed by atoms with Crippen LogP contribution in [0.15, 0.2) is 54.6 Å². The van der Waals surface area contributed by atoms with Crippen molar-refractivity contribution in [1.29, 1.82) is 0 Å². The van der Waals surface area contributed by atoms with Crippen molar-refractivity contribution in [3.8, 4) is 17.0 Å². The number of methoxy groups -OCH3 is 1. The Morgan fingerprint density at radius 3 is 2.64 bits per heavy atom. The molecule has 7 nitrogen and oxygen atoms in total. The standard InChI is InChI=1S/C29H36N4O3/c1-19(2)20-9-11-22(12-10-20)30-29(34)36-18-23-15-21-13-14-33(23)17-25(21)27-16-26(31-32(27)3)24-7-5-6-8-28(24)35-4/h5-12,16,19,21,23,25H,13-15,17-18H2,1-4H3,(H,30,34)/t21-,23-,25+/m1/s1. The van der Waals surface area contributed by atoms with Crippen molar-refractivity contribution in [1.82, 2.24) is 14.7 Å². The van der Waals surface area contributed by atoms with Crippen LogP contribution >= 0.6 is 0 Å². The minimum absolute atomic E-state index is 0.260. The summed E-state index contributed by atoms with van der Waals surface area (Å²) in [6, 6.07) is 18.4. The highest BCUT2D eigenvalue weighted by atomic mass is 16.5. The number of carbonyl (C=O) groups is 1. The van der Waals surface area contributed by atoms with Crippen LogP contribution in [0.2, 0.25) is 0 Å². The van der Waals surface area contributed by atoms with E-state index < -0.39 is 0 Å². The van der Waals surface area contributed by atoms with Crippen LogP contribution in [0.5, 0.6) is 5.75 Å². The predicted octanol–water partition coefficient (Wildman–Crippen LogP) is 5.65. The molecule has 3 saturated heterocycles. The van der Waals surface area contributed by atoms with Gasteiger partial charge < -0.3 is 9.47 Å². The highest BCUT2D eigenvalue weighted by Gasteiger charge is 2.42. The first-order chi connectivity index (χ1) is 17.4. The molecule has 3 fully saturated rings. The summed E-state index contributed by atoms with van der Waals surface area (Å²) in [6.07, 6.45) is 1.79. The third kappa shape index (κ3) is 4.98. The number of aryl methyl sites for hydroxylation is 1. The van der Waals surface area contributed by atoms with E-state index in [1.807, 2.05) is 54.2 Å². The molecule has 0 saturated carbocycles. The van der Waals surface area contributed by atoms with Gasteiger partial charge in [-0.25, -0.2) is 4.79 Å². The normalized spacial score (nSPS) is 23.0. The van der Waals surface area contributed by atoms with E-state index in [0.717, 1.165) is 48.6 Å². The molecule has 1 unspecified atom stereocenters. The Balaban J connectivity index is 1.20. The van der Waals surface area contributed by atoms with Gasteiger partial charge in [0.25, 0.3) is 0 Å². The summed E-state index contributed by atoms with van der Waals surface area (Å²) in [5.74, 6) is 2.27. The number of nitrogens with zero attached hydrogens (tertiary/aromatic N) is 3. The van der Waals surface area contributed by atoms with Crippen LogP contribution in [0.4, 0.5) is 10.5 Å². The van der Waals surface area contributed by atoms with Crippen molar-refractivity contribution in [3.63, 3.8) is 0 Å². The fraction of sp³-hybridized carbons (Fsp3) is 0.448. The van der Waals surface area contributed by atoms with E-state index in [0.29, 0.717) is 24.4 Å². The summed E-state index contributed by atoms with van der Waals surface area (Å²) in [5.41, 5.74) is 5.22. The second-order valence-corrected chi connectivity index (χ2v) is 10.3. The van der Waals surface area contributed by atoms with E-state index in [1.165, 1.54) is 11.3 Å². The summed E-state index contributed by atoms with van der Waals surface area (Å²) in [6.45, 7) is 6.73. The van der Waals surface area contributed by atoms with Gasteiger partial charge in [-0.2, -0.15) is 5.10 Å². The zero-order valence-electron chi connectivity index (χ0n) is 21.6. The molecule has 1 aromatic heterocycles. The summed E-state index contributed by atoms with van der Waals surface area (Å²) in [5, 5.41) is 7.68. The third-order valence-electron chi connectivity index (χ3n) is 7.79. The maximum absolute atomic E-state index is 12.4. The van der Waals surface area contributed by atoms with E-state index in [9.17, 15) is 4.79 Å². The van der Waals surface area contributed by atoms with Crippen molar-refractivity contribution >= 4 is 11.8 Å². The van der Waals surface area contributed by atoms with Crippen molar-refractivity contribution < 1.29 is 14.3 Å². The minimum Gasteiger partial charge on any atom is -0.496 e. The van der Waals surface area contributed by atoms with Crippen LogP contribution in [-0.4, -0.2) is 53.6 Å². The topological polar surface area (TPSA) is 68.6 Å². The Kier molecular flexibility index (Phi) is 7.01. The smallest absolute Gasteiger partial charge is 0.411 e. The number of ether oxygens (including phenoxy) is 2. The second-order valence-electron chi connectivity index (χ2n) is 10.3. The van der Waals surface area contributed by atoms with Crippen molar-refractivity contribution in [2.75, 3.05) is 32.1 Å². The molecule has 1 amide bonds. The molecule has 3 aromatic rings. The molecule has 0 radical (unpaired) electrons. The maximum Gasteiger partial charge on any atom is 0.411 e. The van der Waals surface area contributed by atoms with Crippen LogP contribution in [0.1, 0.15) is 49.8 Å². The van der Waals surface area contributed by atoms with Gasteiger partial charge in [0.1, 0.15) is 12.4 Å². The number of benzene rings is 2. The number of piperidine rings is 3. The maximum atomic E-state index is 12.4. The Morgan fingerprint density at radius 2 is 1.94 bits per heavy atom. The molecule has 4 heterocycles. The highest BCUT2D eigenvalue weighted by Crippen LogP contribution is 2.43. The largest absolute Gasteiger partial charge is 0.496 e. The molecule has 6 rings (SSSR count). The lowest BCUT2D eigenvalue weighted by molar-refractivity contribution is -0.00222. The molecule has 3 aliphatic heterocycles. The number of fused-ring (bicyclic) bond motifs is 3. The Hall–Kier alpha value is -3.32. The Morgan fingerprint density at radius 1 is 1.17 bits per heavy atom. The second kappa shape index (κ2) is 10.3. The van der Waals surface area contributed by atoms with Crippen LogP contribution in [0.3, 0.4) is 0 Å². The number of amides is 1. The van der Waals surface area contributed by atoms with Crippen molar-refractivity contribution in [2.45, 2.75) is 44.6 Å². The SMILES string of the molecule is COc1ccccc1-c1cc([C@H]2CN3CC[C@@H]2C[C@@H]3COC(=O)Nc2ccc(C(C)C)cc2)n(C)n1. The zero-order chi connectivity index (χ0) is 25.2. The molecular weight excluding hydrogens is 452 g/mol. The molecule has 2 bridgehead atoms. The summed E-state index contributed by atoms with van der Waals surface area (Å²) in [4.78, 5) is 14.9. The Bertz CT molecular complexity index is 1200. The number of para-hydroxylation sites is 1. The predicted molar refractivity (Wildman–Crippen MR) is 142 cm³/mol. The lowest BCUT2D eigenvalue weighted by Gasteiger charge is -2.49. The van der Waals surface area contributed by atoms with Crippen LogP contribution in [0.25, 0.3) is 11.3 Å². The first kappa shape index (κ1) is 24.4. The van der Waals surface area contributed by atoms with E-state index >= 15 is 0 Å². The average molecular weight is 489 g/mol. The molecule has 4 atom stereocenters. The minimum atomic E-state index is -0.389. The molecule has 7 heteroatoms. The van der Waals surface area contributed by atoms with Crippen molar-refractivity contribution in [2.24, 2.45) is 13.0 Å². The molecule has 36 heavy (non-hydrogen) atoms. The number of nitrogens with one attached hydrogen (secondary N) is 1. The number of aromatic nitrogens is 2. The Labute approximate surface area is 213 Å². The van der Waals surface area contributed by atoms with E-state index in [1.54, 1.807) is 7.11 Å². The van der Waals surface area contributed by atoms with Gasteiger partial charge in [-0.15, -0.1) is 0 Å². The van der Waals surface area contributed by atoms with Gasteiger partial charge >= 0.3 is 6.09 Å². The molecule has 0 spiro atoms. The first-order valence-corrected chi connectivity index (χ1v) is 12.9. The first-order valence-electron chi connectivity index (χ1n) is 12.9. The number of hydrogen-bond donors (Lipinski definition) is 1. The van der Waals surface area contributed by atoms with Gasteiger partial charge in [0.05, 0.1) is 12.8 Å². The number of anilines is 1. The van der Waals surface area contributed by atoms with Gasteiger partial charge in [-0.1, -0.05) is 38.1 Å². The molecule has 1 N–H and O–H groups in total. The van der Waals surface area contributed by atoms with E-state index in [4.69, 9.17) is 14.6 Å². The van der Waals surface area contributed by atoms with Gasteiger partial charge in [-0.3, -0.25) is 14.9 Å². The highest BCUT2D eigenvalue weighted by molar-refractivity contribution is 5.84. The number of rotatable bonds is 7. The summed E-state index contributed by atoms with van der Waals surface area (Å²) < 4.78 is 13.2. The molecule has 2 aromatic carbocycles. The lowest BCUT2D eigenvalue weighted by atomic mass is 9.74. The molecular formula is C29H36N4O3. The average Bonchev–Trinajstić information content (AvgIpc) is 3.29. The molecule has 3 aliphatic rings. The van der Waals surface area contributed by atoms with Crippen LogP contribution in [0, 0.1) is 5.92 Å². The van der Waals surface area contributed by atoms with E-state index in [2.05, 4.69) is 36.2 Å². The number of hydrogen-bond acceptors (Lipinski definition) is 5.